The van der Waals surface area contributed by atoms with Crippen molar-refractivity contribution in [3.63, 3.8) is 0 Å². The van der Waals surface area contributed by atoms with E-state index in [4.69, 9.17) is 24.3 Å². The molecule has 0 aliphatic heterocycles. The molecule has 93 heavy (non-hydrogen) atoms. The topological polar surface area (TPSA) is 134 Å². The number of hydrogen-bond acceptors (Lipinski definition) is 8. The zero-order valence-electron chi connectivity index (χ0n) is 58.6. The zero-order chi connectivity index (χ0) is 67.2. The van der Waals surface area contributed by atoms with Crippen molar-refractivity contribution in [1.29, 1.82) is 0 Å². The lowest BCUT2D eigenvalue weighted by Crippen LogP contribution is -2.29. The van der Waals surface area contributed by atoms with E-state index in [1.807, 2.05) is 0 Å². The minimum Gasteiger partial charge on any atom is -0.462 e. The highest BCUT2D eigenvalue weighted by molar-refractivity contribution is 7.47. The van der Waals surface area contributed by atoms with Crippen LogP contribution in [0.1, 0.15) is 271 Å². The predicted molar refractivity (Wildman–Crippen MR) is 403 cm³/mol. The molecule has 0 fully saturated rings. The predicted octanol–water partition coefficient (Wildman–Crippen LogP) is 24.6. The number of rotatable bonds is 66. The number of unbranched alkanes of at least 4 members (excludes halogenated alkanes) is 19. The maximum atomic E-state index is 12.8. The number of esters is 2. The molecule has 0 bridgehead atoms. The summed E-state index contributed by atoms with van der Waals surface area (Å²) in [5, 5.41) is 0. The van der Waals surface area contributed by atoms with Crippen LogP contribution in [0.15, 0.2) is 207 Å². The van der Waals surface area contributed by atoms with Crippen molar-refractivity contribution in [1.82, 2.24) is 0 Å². The van der Waals surface area contributed by atoms with Gasteiger partial charge in [-0.15, -0.1) is 0 Å². The first-order valence-electron chi connectivity index (χ1n) is 36.6. The number of nitrogens with two attached hydrogens (primary N) is 1. The van der Waals surface area contributed by atoms with Crippen LogP contribution in [0.25, 0.3) is 0 Å². The molecule has 0 saturated carbocycles. The molecule has 2 atom stereocenters. The number of phosphoric ester groups is 1. The van der Waals surface area contributed by atoms with E-state index in [9.17, 15) is 19.0 Å². The van der Waals surface area contributed by atoms with Crippen LogP contribution in [0.2, 0.25) is 0 Å². The van der Waals surface area contributed by atoms with Crippen molar-refractivity contribution < 1.29 is 37.6 Å². The lowest BCUT2D eigenvalue weighted by atomic mass is 10.0. The summed E-state index contributed by atoms with van der Waals surface area (Å²) in [7, 11) is -4.41. The van der Waals surface area contributed by atoms with Gasteiger partial charge in [0, 0.05) is 19.4 Å². The first-order chi connectivity index (χ1) is 45.8. The van der Waals surface area contributed by atoms with E-state index in [1.165, 1.54) is 64.2 Å². The SMILES string of the molecule is CC/C=C\C/C=C\C/C=C\C/C=C\C/C=C\C/C=C\C/C=C\C/C=C\C/C=C\C/C=C\CCCCCCCCC(=O)OC(COC(=O)CCCCCCCCCCCCCCC/C=C\C/C=C\C/C=C\C/C=C\C/C=C\C/C=C\C/C=C\CC)COP(=O)(O)OCCN. The zero-order valence-corrected chi connectivity index (χ0v) is 59.5. The summed E-state index contributed by atoms with van der Waals surface area (Å²) in [6, 6.07) is 0. The molecule has 10 heteroatoms. The minimum atomic E-state index is -4.41. The maximum absolute atomic E-state index is 12.8. The van der Waals surface area contributed by atoms with Gasteiger partial charge in [-0.25, -0.2) is 4.57 Å². The van der Waals surface area contributed by atoms with Crippen LogP contribution in [0.3, 0.4) is 0 Å². The van der Waals surface area contributed by atoms with Crippen LogP contribution >= 0.6 is 7.82 Å². The number of phosphoric acid groups is 1. The summed E-state index contributed by atoms with van der Waals surface area (Å²) >= 11 is 0. The first-order valence-corrected chi connectivity index (χ1v) is 38.1. The second-order valence-corrected chi connectivity index (χ2v) is 24.8. The molecular formula is C83H132NO8P. The lowest BCUT2D eigenvalue weighted by Gasteiger charge is -2.19. The van der Waals surface area contributed by atoms with Crippen molar-refractivity contribution in [2.45, 2.75) is 277 Å². The van der Waals surface area contributed by atoms with Gasteiger partial charge in [0.25, 0.3) is 0 Å². The Labute approximate surface area is 569 Å². The summed E-state index contributed by atoms with van der Waals surface area (Å²) in [5.41, 5.74) is 5.40. The van der Waals surface area contributed by atoms with Crippen molar-refractivity contribution >= 4 is 19.8 Å². The molecule has 0 amide bonds. The van der Waals surface area contributed by atoms with E-state index in [0.29, 0.717) is 6.42 Å². The fourth-order valence-corrected chi connectivity index (χ4v) is 10.1. The van der Waals surface area contributed by atoms with E-state index in [0.717, 1.165) is 173 Å². The smallest absolute Gasteiger partial charge is 0.462 e. The molecular weight excluding hydrogens is 1170 g/mol. The molecule has 0 aromatic heterocycles. The fraction of sp³-hybridized carbons (Fsp3) is 0.566. The van der Waals surface area contributed by atoms with Gasteiger partial charge < -0.3 is 20.1 Å². The monoisotopic (exact) mass is 1300 g/mol. The number of hydrogen-bond donors (Lipinski definition) is 2. The highest BCUT2D eigenvalue weighted by atomic mass is 31.2. The van der Waals surface area contributed by atoms with Gasteiger partial charge in [0.05, 0.1) is 13.2 Å². The molecule has 0 aliphatic rings. The second-order valence-electron chi connectivity index (χ2n) is 23.3. The van der Waals surface area contributed by atoms with Crippen molar-refractivity contribution in [3.05, 3.63) is 207 Å². The molecule has 0 aromatic carbocycles. The van der Waals surface area contributed by atoms with E-state index < -0.39 is 32.5 Å². The van der Waals surface area contributed by atoms with Gasteiger partial charge >= 0.3 is 19.8 Å². The van der Waals surface area contributed by atoms with Crippen molar-refractivity contribution in [2.75, 3.05) is 26.4 Å². The van der Waals surface area contributed by atoms with Crippen LogP contribution in [-0.4, -0.2) is 49.3 Å². The summed E-state index contributed by atoms with van der Waals surface area (Å²) in [6.07, 6.45) is 116. The molecule has 0 aromatic rings. The standard InChI is InChI=1S/C83H132NO8P/c1-3-5-7-9-11-13-15-17-19-21-23-25-27-29-31-33-35-37-39-40-42-44-46-48-50-52-54-56-58-60-62-64-66-68-70-72-74-76-83(86)92-81(80-91-93(87,88)90-78-77-84)79-89-82(85)75-73-71-69-67-65-63-61-59-57-55-53-51-49-47-45-43-41-38-36-34-32-30-28-26-24-22-20-18-16-14-12-10-8-6-4-2/h5-8,11-14,17-20,23-26,29-32,35-38,40,42-43,45-46,48,52,54,58,60,81H,3-4,9-10,15-16,21-22,27-28,33-34,39,41,44,47,49-51,53,55-57,59,61-80,84H2,1-2H3,(H,87,88)/b7-5-,8-6-,13-11-,14-12-,19-17-,20-18-,25-23-,26-24-,31-29-,32-30-,37-35-,38-36-,42-40-,45-43-,48-46-,54-52-,60-58-. The first kappa shape index (κ1) is 87.6. The fourth-order valence-electron chi connectivity index (χ4n) is 9.35. The largest absolute Gasteiger partial charge is 0.472 e. The number of allylic oxidation sites excluding steroid dienone is 34. The van der Waals surface area contributed by atoms with Crippen LogP contribution in [0, 0.1) is 0 Å². The summed E-state index contributed by atoms with van der Waals surface area (Å²) < 4.78 is 33.2. The maximum Gasteiger partial charge on any atom is 0.472 e. The average molecular weight is 1300 g/mol. The molecule has 2 unspecified atom stereocenters. The molecule has 0 rings (SSSR count). The van der Waals surface area contributed by atoms with E-state index in [1.54, 1.807) is 0 Å². The molecule has 522 valence electrons. The van der Waals surface area contributed by atoms with E-state index in [-0.39, 0.29) is 32.6 Å². The molecule has 0 radical (unpaired) electrons. The lowest BCUT2D eigenvalue weighted by molar-refractivity contribution is -0.161. The number of carbonyl (C=O) groups is 2. The van der Waals surface area contributed by atoms with Gasteiger partial charge in [0.1, 0.15) is 6.61 Å². The third kappa shape index (κ3) is 75.5. The molecule has 0 spiro atoms. The average Bonchev–Trinajstić information content (AvgIpc) is 3.04. The van der Waals surface area contributed by atoms with Crippen LogP contribution in [-0.2, 0) is 32.7 Å². The molecule has 0 heterocycles. The van der Waals surface area contributed by atoms with E-state index in [2.05, 4.69) is 220 Å². The van der Waals surface area contributed by atoms with Gasteiger partial charge in [0.15, 0.2) is 6.10 Å². The summed E-state index contributed by atoms with van der Waals surface area (Å²) in [5.74, 6) is -0.857. The Morgan fingerprint density at radius 2 is 0.559 bits per heavy atom. The third-order valence-electron chi connectivity index (χ3n) is 14.7. The van der Waals surface area contributed by atoms with Crippen LogP contribution in [0.4, 0.5) is 0 Å². The Bertz CT molecular complexity index is 2280. The Morgan fingerprint density at radius 1 is 0.323 bits per heavy atom. The molecule has 3 N–H and O–H groups in total. The Hall–Kier alpha value is -5.41. The van der Waals surface area contributed by atoms with Crippen molar-refractivity contribution in [2.24, 2.45) is 5.73 Å². The Morgan fingerprint density at radius 3 is 0.828 bits per heavy atom. The quantitative estimate of drug-likeness (QED) is 0.0264. The normalized spacial score (nSPS) is 14.2. The van der Waals surface area contributed by atoms with Gasteiger partial charge in [0.2, 0.25) is 0 Å². The van der Waals surface area contributed by atoms with E-state index >= 15 is 0 Å². The van der Waals surface area contributed by atoms with Gasteiger partial charge in [-0.05, 0) is 148 Å². The number of ether oxygens (including phenoxy) is 2. The molecule has 9 nitrogen and oxygen atoms in total. The van der Waals surface area contributed by atoms with Gasteiger partial charge in [-0.1, -0.05) is 317 Å². The van der Waals surface area contributed by atoms with Crippen molar-refractivity contribution in [3.8, 4) is 0 Å². The second kappa shape index (κ2) is 75.6. The number of carbonyl (C=O) groups excluding carboxylic acids is 2. The third-order valence-corrected chi connectivity index (χ3v) is 15.6. The van der Waals surface area contributed by atoms with Crippen LogP contribution in [0.5, 0.6) is 0 Å². The molecule has 0 saturated heterocycles. The van der Waals surface area contributed by atoms with Crippen LogP contribution < -0.4 is 5.73 Å². The Balaban J connectivity index is 3.99. The molecule has 0 aliphatic carbocycles. The highest BCUT2D eigenvalue weighted by Crippen LogP contribution is 2.43. The van der Waals surface area contributed by atoms with Gasteiger partial charge in [-0.3, -0.25) is 18.6 Å². The Kier molecular flexibility index (Phi) is 71.2. The minimum absolute atomic E-state index is 0.0405. The highest BCUT2D eigenvalue weighted by Gasteiger charge is 2.26. The van der Waals surface area contributed by atoms with Gasteiger partial charge in [-0.2, -0.15) is 0 Å². The summed E-state index contributed by atoms with van der Waals surface area (Å²) in [6.45, 7) is 3.48. The summed E-state index contributed by atoms with van der Waals surface area (Å²) in [4.78, 5) is 35.4.